The van der Waals surface area contributed by atoms with E-state index in [0.717, 1.165) is 30.4 Å². The second-order valence-corrected chi connectivity index (χ2v) is 6.98. The van der Waals surface area contributed by atoms with E-state index in [0.29, 0.717) is 30.5 Å². The highest BCUT2D eigenvalue weighted by molar-refractivity contribution is 6.02. The van der Waals surface area contributed by atoms with Crippen LogP contribution in [-0.2, 0) is 23.9 Å². The van der Waals surface area contributed by atoms with E-state index in [2.05, 4.69) is 6.92 Å². The number of hydrogen-bond acceptors (Lipinski definition) is 5. The van der Waals surface area contributed by atoms with Gasteiger partial charge in [0, 0.05) is 24.9 Å². The number of carbonyl (C=O) groups excluding carboxylic acids is 3. The lowest BCUT2D eigenvalue weighted by atomic mass is 9.71. The maximum atomic E-state index is 12.5. The van der Waals surface area contributed by atoms with Gasteiger partial charge in [0.1, 0.15) is 0 Å². The number of methoxy groups -OCH3 is 2. The first kappa shape index (κ1) is 18.4. The number of hydrogen-bond donors (Lipinski definition) is 0. The highest BCUT2D eigenvalue weighted by Crippen LogP contribution is 2.44. The number of allylic oxidation sites excluding steroid dienone is 1. The summed E-state index contributed by atoms with van der Waals surface area (Å²) < 4.78 is 9.94. The Morgan fingerprint density at radius 2 is 1.96 bits per heavy atom. The molecule has 6 nitrogen and oxygen atoms in total. The number of piperidine rings is 1. The third-order valence-corrected chi connectivity index (χ3v) is 5.57. The maximum absolute atomic E-state index is 12.5. The maximum Gasteiger partial charge on any atom is 0.334 e. The molecule has 0 aromatic rings. The van der Waals surface area contributed by atoms with Crippen LogP contribution in [0.3, 0.4) is 0 Å². The minimum absolute atomic E-state index is 0.0189. The Labute approximate surface area is 153 Å². The molecule has 0 N–H and O–H groups in total. The van der Waals surface area contributed by atoms with Crippen molar-refractivity contribution in [1.29, 1.82) is 0 Å². The third kappa shape index (κ3) is 3.08. The van der Waals surface area contributed by atoms with Gasteiger partial charge in [-0.05, 0) is 30.9 Å². The van der Waals surface area contributed by atoms with Crippen LogP contribution in [0.5, 0.6) is 0 Å². The van der Waals surface area contributed by atoms with E-state index in [9.17, 15) is 14.4 Å². The summed E-state index contributed by atoms with van der Waals surface area (Å²) in [5.74, 6) is -1.12. The summed E-state index contributed by atoms with van der Waals surface area (Å²) in [4.78, 5) is 39.1. The summed E-state index contributed by atoms with van der Waals surface area (Å²) in [5, 5.41) is 0. The second-order valence-electron chi connectivity index (χ2n) is 6.98. The molecule has 0 unspecified atom stereocenters. The molecule has 0 saturated carbocycles. The molecule has 2 atom stereocenters. The van der Waals surface area contributed by atoms with Crippen LogP contribution in [0.4, 0.5) is 0 Å². The van der Waals surface area contributed by atoms with Gasteiger partial charge in [0.2, 0.25) is 5.91 Å². The van der Waals surface area contributed by atoms with Crippen molar-refractivity contribution in [2.45, 2.75) is 45.1 Å². The van der Waals surface area contributed by atoms with E-state index >= 15 is 0 Å². The predicted molar refractivity (Wildman–Crippen MR) is 95.0 cm³/mol. The van der Waals surface area contributed by atoms with E-state index < -0.39 is 11.9 Å². The van der Waals surface area contributed by atoms with Crippen LogP contribution in [0.25, 0.3) is 0 Å². The first-order chi connectivity index (χ1) is 12.5. The molecule has 0 bridgehead atoms. The Hall–Kier alpha value is -2.37. The molecular formula is C20H25NO5. The second kappa shape index (κ2) is 7.48. The lowest BCUT2D eigenvalue weighted by Crippen LogP contribution is -2.50. The number of ether oxygens (including phenoxy) is 2. The first-order valence-corrected chi connectivity index (χ1v) is 9.09. The van der Waals surface area contributed by atoms with Gasteiger partial charge in [-0.1, -0.05) is 25.0 Å². The zero-order chi connectivity index (χ0) is 18.8. The molecule has 1 fully saturated rings. The highest BCUT2D eigenvalue weighted by Gasteiger charge is 2.43. The van der Waals surface area contributed by atoms with Gasteiger partial charge in [0.15, 0.2) is 0 Å². The van der Waals surface area contributed by atoms with Crippen molar-refractivity contribution < 1.29 is 23.9 Å². The van der Waals surface area contributed by atoms with Gasteiger partial charge < -0.3 is 14.4 Å². The molecule has 0 spiro atoms. The van der Waals surface area contributed by atoms with E-state index in [1.165, 1.54) is 14.2 Å². The van der Waals surface area contributed by atoms with Gasteiger partial charge in [-0.25, -0.2) is 9.59 Å². The summed E-state index contributed by atoms with van der Waals surface area (Å²) in [6.07, 6.45) is 7.06. The Morgan fingerprint density at radius 3 is 2.62 bits per heavy atom. The molecule has 2 heterocycles. The van der Waals surface area contributed by atoms with Gasteiger partial charge in [0.05, 0.1) is 25.4 Å². The molecule has 140 valence electrons. The minimum atomic E-state index is -0.477. The fraction of sp³-hybridized carbons (Fsp3) is 0.550. The monoisotopic (exact) mass is 359 g/mol. The molecule has 1 saturated heterocycles. The molecule has 0 aromatic carbocycles. The predicted octanol–water partition coefficient (Wildman–Crippen LogP) is 2.31. The molecule has 3 rings (SSSR count). The van der Waals surface area contributed by atoms with Crippen molar-refractivity contribution >= 4 is 17.8 Å². The SMILES string of the molecule is CCCC1=C2CN3C(=O)C=CC[C@@H]3C[C@H]2C(C(=O)OC)=C(C(=O)OC)C1. The lowest BCUT2D eigenvalue weighted by Gasteiger charge is -2.45. The van der Waals surface area contributed by atoms with Crippen LogP contribution in [0.1, 0.15) is 39.0 Å². The average molecular weight is 359 g/mol. The van der Waals surface area contributed by atoms with Crippen molar-refractivity contribution in [3.63, 3.8) is 0 Å². The molecule has 2 aliphatic heterocycles. The molecule has 1 aliphatic carbocycles. The minimum Gasteiger partial charge on any atom is -0.466 e. The van der Waals surface area contributed by atoms with Crippen LogP contribution in [0, 0.1) is 5.92 Å². The van der Waals surface area contributed by atoms with Crippen LogP contribution in [0.15, 0.2) is 34.4 Å². The lowest BCUT2D eigenvalue weighted by molar-refractivity contribution is -0.140. The van der Waals surface area contributed by atoms with Crippen molar-refractivity contribution in [3.8, 4) is 0 Å². The van der Waals surface area contributed by atoms with Crippen molar-refractivity contribution in [2.24, 2.45) is 5.92 Å². The summed E-state index contributed by atoms with van der Waals surface area (Å²) >= 11 is 0. The number of esters is 2. The van der Waals surface area contributed by atoms with E-state index in [1.807, 2.05) is 11.0 Å². The van der Waals surface area contributed by atoms with Crippen LogP contribution >= 0.6 is 0 Å². The first-order valence-electron chi connectivity index (χ1n) is 9.09. The zero-order valence-electron chi connectivity index (χ0n) is 15.5. The zero-order valence-corrected chi connectivity index (χ0v) is 15.5. The Balaban J connectivity index is 2.08. The van der Waals surface area contributed by atoms with Crippen LogP contribution in [0.2, 0.25) is 0 Å². The molecule has 26 heavy (non-hydrogen) atoms. The Bertz CT molecular complexity index is 730. The summed E-state index contributed by atoms with van der Waals surface area (Å²) in [5.41, 5.74) is 3.06. The van der Waals surface area contributed by atoms with E-state index in [4.69, 9.17) is 9.47 Å². The Kier molecular flexibility index (Phi) is 5.30. The van der Waals surface area contributed by atoms with Crippen molar-refractivity contribution in [2.75, 3.05) is 20.8 Å². The molecule has 1 amide bonds. The normalized spacial score (nSPS) is 25.0. The summed E-state index contributed by atoms with van der Waals surface area (Å²) in [6.45, 7) is 2.60. The number of nitrogens with zero attached hydrogens (tertiary/aromatic N) is 1. The number of amides is 1. The molecule has 6 heteroatoms. The molecule has 0 radical (unpaired) electrons. The van der Waals surface area contributed by atoms with Gasteiger partial charge in [-0.3, -0.25) is 4.79 Å². The van der Waals surface area contributed by atoms with Gasteiger partial charge in [-0.2, -0.15) is 0 Å². The fourth-order valence-electron chi connectivity index (χ4n) is 4.38. The topological polar surface area (TPSA) is 72.9 Å². The van der Waals surface area contributed by atoms with Crippen molar-refractivity contribution in [1.82, 2.24) is 4.90 Å². The van der Waals surface area contributed by atoms with Crippen molar-refractivity contribution in [3.05, 3.63) is 34.4 Å². The number of carbonyl (C=O) groups is 3. The van der Waals surface area contributed by atoms with Gasteiger partial charge in [0.25, 0.3) is 0 Å². The Morgan fingerprint density at radius 1 is 1.23 bits per heavy atom. The quantitative estimate of drug-likeness (QED) is 0.569. The van der Waals surface area contributed by atoms with E-state index in [1.54, 1.807) is 6.08 Å². The fourth-order valence-corrected chi connectivity index (χ4v) is 4.38. The third-order valence-electron chi connectivity index (χ3n) is 5.57. The molecular weight excluding hydrogens is 334 g/mol. The largest absolute Gasteiger partial charge is 0.466 e. The standard InChI is InChI=1S/C20H25NO5/c1-4-6-12-9-15(19(23)25-2)18(20(24)26-3)14-10-13-7-5-8-17(22)21(13)11-16(12)14/h5,8,13-14H,4,6-7,9-11H2,1-3H3/t13-,14-/m1/s1. The number of rotatable bonds is 4. The van der Waals surface area contributed by atoms with E-state index in [-0.39, 0.29) is 17.9 Å². The highest BCUT2D eigenvalue weighted by atomic mass is 16.5. The summed E-state index contributed by atoms with van der Waals surface area (Å²) in [6, 6.07) is 0.0424. The molecule has 0 aromatic heterocycles. The summed E-state index contributed by atoms with van der Waals surface area (Å²) in [7, 11) is 2.66. The average Bonchev–Trinajstić information content (AvgIpc) is 2.65. The smallest absolute Gasteiger partial charge is 0.334 e. The molecule has 3 aliphatic rings. The van der Waals surface area contributed by atoms with Gasteiger partial charge >= 0.3 is 11.9 Å². The van der Waals surface area contributed by atoms with Crippen LogP contribution in [-0.4, -0.2) is 49.6 Å². The van der Waals surface area contributed by atoms with Crippen LogP contribution < -0.4 is 0 Å². The van der Waals surface area contributed by atoms with Gasteiger partial charge in [-0.15, -0.1) is 0 Å². The number of fused-ring (bicyclic) bond motifs is 2.